The van der Waals surface area contributed by atoms with E-state index in [0.717, 1.165) is 5.56 Å². The van der Waals surface area contributed by atoms with Gasteiger partial charge in [-0.1, -0.05) is 64.8 Å². The predicted octanol–water partition coefficient (Wildman–Crippen LogP) is 3.85. The number of H-pyrrole nitrogens is 1. The maximum Gasteiger partial charge on any atom is 0.438 e. The summed E-state index contributed by atoms with van der Waals surface area (Å²) >= 11 is 12.6. The molecule has 106 valence electrons. The summed E-state index contributed by atoms with van der Waals surface area (Å²) in [7, 11) is 0. The van der Waals surface area contributed by atoms with Crippen LogP contribution in [-0.2, 0) is 0 Å². The summed E-state index contributed by atoms with van der Waals surface area (Å²) in [5.41, 5.74) is 1.58. The molecule has 2 aromatic carbocycles. The predicted molar refractivity (Wildman–Crippen MR) is 81.0 cm³/mol. The van der Waals surface area contributed by atoms with Crippen molar-refractivity contribution in [3.8, 4) is 0 Å². The Labute approximate surface area is 130 Å². The molecule has 1 heterocycles. The largest absolute Gasteiger partial charge is 0.438 e. The Bertz CT molecular complexity index is 792. The second-order valence-electron chi connectivity index (χ2n) is 4.46. The zero-order valence-electron chi connectivity index (χ0n) is 10.7. The summed E-state index contributed by atoms with van der Waals surface area (Å²) in [6, 6.07) is 14.8. The monoisotopic (exact) mass is 320 g/mol. The van der Waals surface area contributed by atoms with Crippen LogP contribution in [0.5, 0.6) is 0 Å². The van der Waals surface area contributed by atoms with Crippen molar-refractivity contribution in [2.45, 2.75) is 5.92 Å². The van der Waals surface area contributed by atoms with E-state index in [4.69, 9.17) is 23.2 Å². The first-order valence-corrected chi connectivity index (χ1v) is 6.97. The Morgan fingerprint density at radius 3 is 2.24 bits per heavy atom. The minimum absolute atomic E-state index is 0.362. The highest BCUT2D eigenvalue weighted by Gasteiger charge is 2.25. The number of nitrogens with zero attached hydrogens (tertiary/aromatic N) is 1. The van der Waals surface area contributed by atoms with E-state index in [-0.39, 0.29) is 0 Å². The molecule has 0 radical (unpaired) electrons. The fraction of sp³-hybridized carbons (Fsp3) is 0.0667. The van der Waals surface area contributed by atoms with Gasteiger partial charge in [0.2, 0.25) is 0 Å². The second-order valence-corrected chi connectivity index (χ2v) is 5.27. The summed E-state index contributed by atoms with van der Waals surface area (Å²) < 4.78 is 4.62. The molecule has 1 atom stereocenters. The Morgan fingerprint density at radius 1 is 1.00 bits per heavy atom. The maximum absolute atomic E-state index is 11.3. The van der Waals surface area contributed by atoms with Crippen LogP contribution >= 0.6 is 23.2 Å². The van der Waals surface area contributed by atoms with Gasteiger partial charge >= 0.3 is 5.76 Å². The molecule has 4 nitrogen and oxygen atoms in total. The summed E-state index contributed by atoms with van der Waals surface area (Å²) in [4.78, 5) is 13.9. The van der Waals surface area contributed by atoms with Gasteiger partial charge in [-0.2, -0.15) is 0 Å². The summed E-state index contributed by atoms with van der Waals surface area (Å²) in [5, 5.41) is 4.79. The summed E-state index contributed by atoms with van der Waals surface area (Å²) in [6.07, 6.45) is 0. The molecule has 3 rings (SSSR count). The highest BCUT2D eigenvalue weighted by molar-refractivity contribution is 6.36. The highest BCUT2D eigenvalue weighted by atomic mass is 35.5. The van der Waals surface area contributed by atoms with E-state index >= 15 is 0 Å². The molecule has 0 aliphatic heterocycles. The third-order valence-corrected chi connectivity index (χ3v) is 3.81. The molecule has 6 heteroatoms. The van der Waals surface area contributed by atoms with E-state index in [1.165, 1.54) is 0 Å². The van der Waals surface area contributed by atoms with Crippen LogP contribution in [0.1, 0.15) is 22.9 Å². The van der Waals surface area contributed by atoms with Crippen molar-refractivity contribution in [2.75, 3.05) is 0 Å². The number of aromatic amines is 1. The molecule has 0 amide bonds. The van der Waals surface area contributed by atoms with Crippen molar-refractivity contribution in [1.29, 1.82) is 0 Å². The standard InChI is InChI=1S/C15H10Cl2N2O2/c16-10-7-4-8-11(17)13(10)12(9-5-2-1-3-6-9)14-18-15(20)21-19-14/h1-8,12H,(H,18,19,20). The fourth-order valence-electron chi connectivity index (χ4n) is 2.26. The van der Waals surface area contributed by atoms with Gasteiger partial charge in [0.15, 0.2) is 5.82 Å². The minimum Gasteiger partial charge on any atom is -0.296 e. The van der Waals surface area contributed by atoms with Crippen LogP contribution in [0.3, 0.4) is 0 Å². The smallest absolute Gasteiger partial charge is 0.296 e. The molecular weight excluding hydrogens is 311 g/mol. The number of hydrogen-bond acceptors (Lipinski definition) is 3. The average Bonchev–Trinajstić information content (AvgIpc) is 2.90. The van der Waals surface area contributed by atoms with Gasteiger partial charge in [-0.05, 0) is 17.7 Å². The first-order valence-electron chi connectivity index (χ1n) is 6.21. The molecule has 1 N–H and O–H groups in total. The van der Waals surface area contributed by atoms with Crippen LogP contribution in [0.15, 0.2) is 57.8 Å². The van der Waals surface area contributed by atoms with Gasteiger partial charge in [0.1, 0.15) is 0 Å². The Morgan fingerprint density at radius 2 is 1.67 bits per heavy atom. The van der Waals surface area contributed by atoms with E-state index in [0.29, 0.717) is 21.4 Å². The number of nitrogens with one attached hydrogen (secondary N) is 1. The fourth-order valence-corrected chi connectivity index (χ4v) is 2.87. The van der Waals surface area contributed by atoms with Gasteiger partial charge in [0, 0.05) is 15.6 Å². The Balaban J connectivity index is 2.24. The Kier molecular flexibility index (Phi) is 3.82. The van der Waals surface area contributed by atoms with E-state index in [2.05, 4.69) is 14.7 Å². The maximum atomic E-state index is 11.3. The second kappa shape index (κ2) is 5.76. The first kappa shape index (κ1) is 13.9. The zero-order valence-corrected chi connectivity index (χ0v) is 12.2. The number of halogens is 2. The number of aromatic nitrogens is 2. The highest BCUT2D eigenvalue weighted by Crippen LogP contribution is 2.38. The third-order valence-electron chi connectivity index (χ3n) is 3.15. The lowest BCUT2D eigenvalue weighted by Crippen LogP contribution is -2.08. The topological polar surface area (TPSA) is 58.9 Å². The van der Waals surface area contributed by atoms with E-state index < -0.39 is 11.7 Å². The third kappa shape index (κ3) is 2.73. The van der Waals surface area contributed by atoms with Gasteiger partial charge < -0.3 is 0 Å². The van der Waals surface area contributed by atoms with Crippen molar-refractivity contribution in [1.82, 2.24) is 10.1 Å². The lowest BCUT2D eigenvalue weighted by Gasteiger charge is -2.17. The lowest BCUT2D eigenvalue weighted by molar-refractivity contribution is 0.380. The molecule has 0 aliphatic carbocycles. The number of hydrogen-bond donors (Lipinski definition) is 1. The van der Waals surface area contributed by atoms with Gasteiger partial charge in [-0.15, -0.1) is 0 Å². The summed E-state index contributed by atoms with van der Waals surface area (Å²) in [6.45, 7) is 0. The molecule has 21 heavy (non-hydrogen) atoms. The van der Waals surface area contributed by atoms with Crippen LogP contribution < -0.4 is 5.76 Å². The van der Waals surface area contributed by atoms with Crippen molar-refractivity contribution in [3.63, 3.8) is 0 Å². The molecule has 3 aromatic rings. The van der Waals surface area contributed by atoms with E-state index in [1.54, 1.807) is 18.2 Å². The van der Waals surface area contributed by atoms with Crippen LogP contribution in [0.25, 0.3) is 0 Å². The molecule has 0 saturated carbocycles. The average molecular weight is 321 g/mol. The molecular formula is C15H10Cl2N2O2. The van der Waals surface area contributed by atoms with Crippen molar-refractivity contribution in [2.24, 2.45) is 0 Å². The lowest BCUT2D eigenvalue weighted by atomic mass is 9.90. The van der Waals surface area contributed by atoms with Crippen molar-refractivity contribution in [3.05, 3.63) is 86.1 Å². The van der Waals surface area contributed by atoms with Crippen molar-refractivity contribution >= 4 is 23.2 Å². The van der Waals surface area contributed by atoms with E-state index in [9.17, 15) is 4.79 Å². The molecule has 0 aliphatic rings. The number of rotatable bonds is 3. The number of benzene rings is 2. The van der Waals surface area contributed by atoms with Gasteiger partial charge in [0.05, 0.1) is 5.92 Å². The van der Waals surface area contributed by atoms with E-state index in [1.807, 2.05) is 30.3 Å². The quantitative estimate of drug-likeness (QED) is 0.797. The van der Waals surface area contributed by atoms with Crippen molar-refractivity contribution < 1.29 is 4.52 Å². The zero-order chi connectivity index (χ0) is 14.8. The van der Waals surface area contributed by atoms with Crippen LogP contribution in [0.2, 0.25) is 10.0 Å². The molecule has 0 spiro atoms. The molecule has 1 unspecified atom stereocenters. The minimum atomic E-state index is -0.617. The molecule has 1 aromatic heterocycles. The molecule has 0 saturated heterocycles. The molecule has 0 bridgehead atoms. The molecule has 0 fully saturated rings. The van der Waals surface area contributed by atoms with Crippen LogP contribution in [0, 0.1) is 0 Å². The van der Waals surface area contributed by atoms with Crippen LogP contribution in [0.4, 0.5) is 0 Å². The van der Waals surface area contributed by atoms with Gasteiger partial charge in [-0.25, -0.2) is 4.79 Å². The normalized spacial score (nSPS) is 12.3. The SMILES string of the molecule is O=c1[nH]c(C(c2ccccc2)c2c(Cl)cccc2Cl)no1. The van der Waals surface area contributed by atoms with Gasteiger partial charge in [0.25, 0.3) is 0 Å². The first-order chi connectivity index (χ1) is 10.2. The summed E-state index contributed by atoms with van der Waals surface area (Å²) in [5.74, 6) is -0.658. The van der Waals surface area contributed by atoms with Crippen LogP contribution in [-0.4, -0.2) is 10.1 Å². The Hall–Kier alpha value is -2.04. The van der Waals surface area contributed by atoms with Gasteiger partial charge in [-0.3, -0.25) is 9.51 Å².